The lowest BCUT2D eigenvalue weighted by Gasteiger charge is -2.39. The van der Waals surface area contributed by atoms with Crippen molar-refractivity contribution in [3.05, 3.63) is 108 Å². The van der Waals surface area contributed by atoms with Crippen LogP contribution in [-0.4, -0.2) is 82.3 Å². The highest BCUT2D eigenvalue weighted by atomic mass is 16.4. The van der Waals surface area contributed by atoms with Gasteiger partial charge in [-0.15, -0.1) is 0 Å². The molecule has 4 amide bonds. The highest BCUT2D eigenvalue weighted by molar-refractivity contribution is 5.95. The number of hydrogen-bond acceptors (Lipinski definition) is 6. The molecule has 0 radical (unpaired) electrons. The van der Waals surface area contributed by atoms with Crippen LogP contribution in [0.4, 0.5) is 0 Å². The molecule has 54 heavy (non-hydrogen) atoms. The van der Waals surface area contributed by atoms with Crippen LogP contribution in [0.2, 0.25) is 0 Å². The van der Waals surface area contributed by atoms with Crippen molar-refractivity contribution in [3.63, 3.8) is 0 Å². The third-order valence-corrected chi connectivity index (χ3v) is 10.3. The van der Waals surface area contributed by atoms with Crippen molar-refractivity contribution in [2.45, 2.75) is 94.4 Å². The Morgan fingerprint density at radius 1 is 0.852 bits per heavy atom. The van der Waals surface area contributed by atoms with E-state index in [1.807, 2.05) is 91.0 Å². The van der Waals surface area contributed by atoms with Gasteiger partial charge in [0.05, 0.1) is 12.8 Å². The Balaban J connectivity index is 1.33. The average molecular weight is 738 g/mol. The van der Waals surface area contributed by atoms with E-state index in [1.165, 1.54) is 0 Å². The maximum atomic E-state index is 14.3. The first kappa shape index (κ1) is 39.5. The number of piperidine rings is 1. The molecule has 0 spiro atoms. The maximum absolute atomic E-state index is 14.3. The zero-order valence-corrected chi connectivity index (χ0v) is 30.4. The maximum Gasteiger partial charge on any atom is 0.305 e. The van der Waals surface area contributed by atoms with Gasteiger partial charge in [-0.05, 0) is 74.0 Å². The summed E-state index contributed by atoms with van der Waals surface area (Å²) < 4.78 is 0. The van der Waals surface area contributed by atoms with Gasteiger partial charge in [0.15, 0.2) is 5.96 Å². The van der Waals surface area contributed by atoms with Gasteiger partial charge in [0.1, 0.15) is 18.1 Å². The molecule has 286 valence electrons. The molecule has 6 atom stereocenters. The number of nitrogens with one attached hydrogen (secondary N) is 5. The predicted octanol–water partition coefficient (Wildman–Crippen LogP) is 2.68. The summed E-state index contributed by atoms with van der Waals surface area (Å²) in [4.78, 5) is 68.8. The molecular formula is C41H51N7O6. The number of hydrogen-bond donors (Lipinski definition) is 7. The summed E-state index contributed by atoms with van der Waals surface area (Å²) >= 11 is 0. The van der Waals surface area contributed by atoms with Gasteiger partial charge in [0.2, 0.25) is 23.6 Å². The van der Waals surface area contributed by atoms with E-state index in [-0.39, 0.29) is 55.5 Å². The lowest BCUT2D eigenvalue weighted by atomic mass is 9.86. The fourth-order valence-electron chi connectivity index (χ4n) is 7.67. The highest BCUT2D eigenvalue weighted by Crippen LogP contribution is 2.39. The first-order chi connectivity index (χ1) is 26.1. The quantitative estimate of drug-likeness (QED) is 0.0586. The van der Waals surface area contributed by atoms with E-state index in [9.17, 15) is 29.1 Å². The van der Waals surface area contributed by atoms with E-state index in [2.05, 4.69) is 21.3 Å². The predicted molar refractivity (Wildman–Crippen MR) is 204 cm³/mol. The zero-order valence-electron chi connectivity index (χ0n) is 30.4. The van der Waals surface area contributed by atoms with Crippen molar-refractivity contribution in [2.24, 2.45) is 11.7 Å². The SMILES string of the molecule is N=C(N)NCCC[C@H](NC(=O)[C@@H]1C[C@@H](Cc2ccccc2)[C@@H]2CCC(NC(=O)Cc3ccccc3)C(=O)N12)C(=O)N[C@H](CCc1ccccc1)CC(=O)O. The Morgan fingerprint density at radius 2 is 1.48 bits per heavy atom. The molecule has 0 aliphatic carbocycles. The Labute approximate surface area is 316 Å². The number of rotatable bonds is 18. The van der Waals surface area contributed by atoms with Crippen LogP contribution < -0.4 is 27.0 Å². The zero-order chi connectivity index (χ0) is 38.5. The number of carboxylic acid groups (broad SMARTS) is 1. The minimum atomic E-state index is -1.06. The number of amides is 4. The van der Waals surface area contributed by atoms with Crippen LogP contribution in [0.25, 0.3) is 0 Å². The molecule has 3 aromatic rings. The first-order valence-corrected chi connectivity index (χ1v) is 18.7. The molecule has 0 aromatic heterocycles. The van der Waals surface area contributed by atoms with Crippen molar-refractivity contribution in [3.8, 4) is 0 Å². The molecule has 3 aromatic carbocycles. The van der Waals surface area contributed by atoms with Crippen LogP contribution in [0, 0.1) is 11.3 Å². The van der Waals surface area contributed by atoms with Crippen LogP contribution in [0.3, 0.4) is 0 Å². The van der Waals surface area contributed by atoms with Gasteiger partial charge in [-0.3, -0.25) is 29.4 Å². The lowest BCUT2D eigenvalue weighted by Crippen LogP contribution is -2.60. The Kier molecular flexibility index (Phi) is 14.2. The Morgan fingerprint density at radius 3 is 2.11 bits per heavy atom. The van der Waals surface area contributed by atoms with E-state index in [4.69, 9.17) is 11.1 Å². The molecule has 13 nitrogen and oxygen atoms in total. The molecule has 2 fully saturated rings. The summed E-state index contributed by atoms with van der Waals surface area (Å²) in [6.07, 6.45) is 3.37. The molecule has 2 heterocycles. The monoisotopic (exact) mass is 737 g/mol. The second-order valence-corrected chi connectivity index (χ2v) is 14.2. The summed E-state index contributed by atoms with van der Waals surface area (Å²) in [5, 5.41) is 28.5. The third-order valence-electron chi connectivity index (χ3n) is 10.3. The van der Waals surface area contributed by atoms with Gasteiger partial charge in [0.25, 0.3) is 0 Å². The first-order valence-electron chi connectivity index (χ1n) is 18.7. The average Bonchev–Trinajstić information content (AvgIpc) is 3.52. The van der Waals surface area contributed by atoms with Gasteiger partial charge >= 0.3 is 5.97 Å². The molecule has 1 unspecified atom stereocenters. The fraction of sp³-hybridized carbons (Fsp3) is 0.415. The number of carbonyl (C=O) groups excluding carboxylic acids is 4. The number of carboxylic acids is 1. The lowest BCUT2D eigenvalue weighted by molar-refractivity contribution is -0.147. The van der Waals surface area contributed by atoms with Crippen molar-refractivity contribution >= 4 is 35.6 Å². The molecule has 2 saturated heterocycles. The molecule has 2 aliphatic rings. The fourth-order valence-corrected chi connectivity index (χ4v) is 7.67. The van der Waals surface area contributed by atoms with E-state index >= 15 is 0 Å². The Hall–Kier alpha value is -5.72. The molecule has 5 rings (SSSR count). The van der Waals surface area contributed by atoms with Crippen LogP contribution in [0.5, 0.6) is 0 Å². The third kappa shape index (κ3) is 11.4. The van der Waals surface area contributed by atoms with Crippen LogP contribution >= 0.6 is 0 Å². The van der Waals surface area contributed by atoms with Gasteiger partial charge in [-0.2, -0.15) is 0 Å². The van der Waals surface area contributed by atoms with E-state index in [1.54, 1.807) is 4.90 Å². The van der Waals surface area contributed by atoms with E-state index in [0.717, 1.165) is 16.7 Å². The largest absolute Gasteiger partial charge is 0.481 e. The summed E-state index contributed by atoms with van der Waals surface area (Å²) in [6, 6.07) is 25.1. The summed E-state index contributed by atoms with van der Waals surface area (Å²) in [5.41, 5.74) is 8.37. The van der Waals surface area contributed by atoms with Crippen molar-refractivity contribution in [1.82, 2.24) is 26.2 Å². The second-order valence-electron chi connectivity index (χ2n) is 14.2. The number of fused-ring (bicyclic) bond motifs is 1. The number of carbonyl (C=O) groups is 5. The number of nitrogens with two attached hydrogens (primary N) is 1. The standard InChI is InChI=1S/C41H51N7O6/c42-41(43)44-22-10-17-32(38(52)45-31(26-37(50)51)19-18-27-11-4-1-5-12-27)47-39(53)35-25-30(23-28-13-6-2-7-14-28)34-21-20-33(40(54)48(34)35)46-36(49)24-29-15-8-3-9-16-29/h1-9,11-16,30-35H,10,17-26H2,(H,45,52)(H,46,49)(H,47,53)(H,50,51)(H4,42,43,44)/t30-,31-,32+,33?,34+,35+/m1/s1. The summed E-state index contributed by atoms with van der Waals surface area (Å²) in [7, 11) is 0. The molecule has 2 aliphatic heterocycles. The van der Waals surface area contributed by atoms with Crippen LogP contribution in [0.15, 0.2) is 91.0 Å². The van der Waals surface area contributed by atoms with Crippen molar-refractivity contribution in [1.29, 1.82) is 5.41 Å². The highest BCUT2D eigenvalue weighted by Gasteiger charge is 2.51. The van der Waals surface area contributed by atoms with Crippen LogP contribution in [0.1, 0.15) is 61.6 Å². The normalized spacial score (nSPS) is 20.2. The van der Waals surface area contributed by atoms with Crippen molar-refractivity contribution < 1.29 is 29.1 Å². The minimum absolute atomic E-state index is 0.0296. The van der Waals surface area contributed by atoms with Gasteiger partial charge in [-0.25, -0.2) is 0 Å². The van der Waals surface area contributed by atoms with Gasteiger partial charge < -0.3 is 37.0 Å². The number of nitrogens with zero attached hydrogens (tertiary/aromatic N) is 1. The topological polar surface area (TPSA) is 207 Å². The minimum Gasteiger partial charge on any atom is -0.481 e. The molecule has 8 N–H and O–H groups in total. The Bertz CT molecular complexity index is 1740. The smallest absolute Gasteiger partial charge is 0.305 e. The van der Waals surface area contributed by atoms with E-state index < -0.39 is 42.0 Å². The number of aryl methyl sites for hydroxylation is 1. The number of aliphatic carboxylic acids is 1. The van der Waals surface area contributed by atoms with Gasteiger partial charge in [-0.1, -0.05) is 91.0 Å². The molecule has 0 saturated carbocycles. The number of guanidine groups is 1. The van der Waals surface area contributed by atoms with Crippen LogP contribution in [-0.2, 0) is 43.2 Å². The number of benzene rings is 3. The second kappa shape index (κ2) is 19.4. The van der Waals surface area contributed by atoms with Gasteiger partial charge in [0, 0.05) is 18.6 Å². The van der Waals surface area contributed by atoms with Crippen molar-refractivity contribution in [2.75, 3.05) is 6.54 Å². The molecule has 0 bridgehead atoms. The molecular weight excluding hydrogens is 686 g/mol. The summed E-state index contributed by atoms with van der Waals surface area (Å²) in [6.45, 7) is 0.279. The summed E-state index contributed by atoms with van der Waals surface area (Å²) in [5.74, 6) is -2.93. The molecule has 13 heteroatoms. The van der Waals surface area contributed by atoms with E-state index in [0.29, 0.717) is 44.9 Å².